The quantitative estimate of drug-likeness (QED) is 0.540. The molecule has 3 heterocycles. The number of anilines is 2. The van der Waals surface area contributed by atoms with E-state index in [0.29, 0.717) is 22.9 Å². The van der Waals surface area contributed by atoms with Gasteiger partial charge in [-0.1, -0.05) is 28.1 Å². The van der Waals surface area contributed by atoms with Crippen LogP contribution in [-0.4, -0.2) is 39.2 Å². The number of hydrogen-bond donors (Lipinski definition) is 1. The first-order valence-electron chi connectivity index (χ1n) is 8.21. The molecule has 2 N–H and O–H groups in total. The Morgan fingerprint density at radius 1 is 0.963 bits per heavy atom. The molecule has 0 fully saturated rings. The van der Waals surface area contributed by atoms with E-state index in [9.17, 15) is 0 Å². The van der Waals surface area contributed by atoms with Gasteiger partial charge < -0.3 is 10.6 Å². The van der Waals surface area contributed by atoms with Crippen LogP contribution < -0.4 is 10.6 Å². The second-order valence-corrected chi connectivity index (χ2v) is 7.11. The van der Waals surface area contributed by atoms with Gasteiger partial charge in [-0.15, -0.1) is 10.2 Å². The van der Waals surface area contributed by atoms with Gasteiger partial charge in [0.05, 0.1) is 11.1 Å². The molecule has 7 nitrogen and oxygen atoms in total. The Kier molecular flexibility index (Phi) is 4.41. The summed E-state index contributed by atoms with van der Waals surface area (Å²) in [4.78, 5) is 15.0. The summed E-state index contributed by atoms with van der Waals surface area (Å²) in [6.07, 6.45) is 1.42. The maximum Gasteiger partial charge on any atom is 0.165 e. The zero-order valence-electron chi connectivity index (χ0n) is 14.8. The van der Waals surface area contributed by atoms with Crippen molar-refractivity contribution in [1.82, 2.24) is 25.1 Å². The highest BCUT2D eigenvalue weighted by Gasteiger charge is 2.15. The standard InChI is InChI=1S/C19H16BrN7/c1-27(2)16-7-6-14(25-26-16)15-9-13(11-4-3-5-12(20)8-11)17-18(21)22-10-23-19(17)24-15/h3-10H,1-2H3,(H2,21,22,23,24). The van der Waals surface area contributed by atoms with Crippen molar-refractivity contribution >= 4 is 38.6 Å². The zero-order chi connectivity index (χ0) is 19.0. The topological polar surface area (TPSA) is 93.7 Å². The minimum absolute atomic E-state index is 0.392. The van der Waals surface area contributed by atoms with Crippen LogP contribution in [0.15, 0.2) is 53.3 Å². The van der Waals surface area contributed by atoms with E-state index < -0.39 is 0 Å². The van der Waals surface area contributed by atoms with Crippen molar-refractivity contribution in [1.29, 1.82) is 0 Å². The van der Waals surface area contributed by atoms with Crippen molar-refractivity contribution in [2.75, 3.05) is 24.7 Å². The molecule has 0 aliphatic carbocycles. The second kappa shape index (κ2) is 6.88. The summed E-state index contributed by atoms with van der Waals surface area (Å²) in [7, 11) is 3.84. The first-order valence-corrected chi connectivity index (χ1v) is 9.01. The van der Waals surface area contributed by atoms with E-state index in [4.69, 9.17) is 5.73 Å². The predicted molar refractivity (Wildman–Crippen MR) is 110 cm³/mol. The Labute approximate surface area is 164 Å². The SMILES string of the molecule is CN(C)c1ccc(-c2cc(-c3cccc(Br)c3)c3c(N)ncnc3n2)nn1. The Bertz CT molecular complexity index is 1130. The van der Waals surface area contributed by atoms with Gasteiger partial charge >= 0.3 is 0 Å². The molecule has 1 aromatic carbocycles. The van der Waals surface area contributed by atoms with Crippen LogP contribution in [0.5, 0.6) is 0 Å². The molecule has 4 rings (SSSR count). The van der Waals surface area contributed by atoms with Crippen LogP contribution >= 0.6 is 15.9 Å². The summed E-state index contributed by atoms with van der Waals surface area (Å²) in [5.41, 5.74) is 9.88. The summed E-state index contributed by atoms with van der Waals surface area (Å²) in [6.45, 7) is 0. The Morgan fingerprint density at radius 2 is 1.81 bits per heavy atom. The fourth-order valence-corrected chi connectivity index (χ4v) is 3.20. The number of halogens is 1. The van der Waals surface area contributed by atoms with Gasteiger partial charge in [-0.2, -0.15) is 0 Å². The van der Waals surface area contributed by atoms with Gasteiger partial charge in [-0.25, -0.2) is 15.0 Å². The fourth-order valence-electron chi connectivity index (χ4n) is 2.80. The predicted octanol–water partition coefficient (Wildman–Crippen LogP) is 3.56. The van der Waals surface area contributed by atoms with Gasteiger partial charge in [0, 0.05) is 18.6 Å². The molecule has 0 saturated heterocycles. The third kappa shape index (κ3) is 3.31. The number of pyridine rings is 1. The molecule has 27 heavy (non-hydrogen) atoms. The van der Waals surface area contributed by atoms with Crippen LogP contribution in [0, 0.1) is 0 Å². The summed E-state index contributed by atoms with van der Waals surface area (Å²) < 4.78 is 0.970. The van der Waals surface area contributed by atoms with Gasteiger partial charge in [0.1, 0.15) is 17.8 Å². The van der Waals surface area contributed by atoms with Crippen LogP contribution in [0.25, 0.3) is 33.5 Å². The number of fused-ring (bicyclic) bond motifs is 1. The molecule has 0 atom stereocenters. The molecule has 0 spiro atoms. The van der Waals surface area contributed by atoms with Crippen molar-refractivity contribution in [2.45, 2.75) is 0 Å². The molecular weight excluding hydrogens is 406 g/mol. The normalized spacial score (nSPS) is 10.9. The summed E-state index contributed by atoms with van der Waals surface area (Å²) in [6, 6.07) is 13.7. The van der Waals surface area contributed by atoms with Crippen molar-refractivity contribution in [2.24, 2.45) is 0 Å². The van der Waals surface area contributed by atoms with Crippen molar-refractivity contribution in [3.05, 3.63) is 53.3 Å². The smallest absolute Gasteiger partial charge is 0.165 e. The molecule has 3 aromatic heterocycles. The number of benzene rings is 1. The van der Waals surface area contributed by atoms with Gasteiger partial charge in [-0.3, -0.25) is 0 Å². The molecule has 0 unspecified atom stereocenters. The maximum atomic E-state index is 6.14. The van der Waals surface area contributed by atoms with Crippen LogP contribution in [-0.2, 0) is 0 Å². The molecule has 0 aliphatic heterocycles. The van der Waals surface area contributed by atoms with E-state index in [1.54, 1.807) is 0 Å². The molecule has 0 radical (unpaired) electrons. The number of aromatic nitrogens is 5. The van der Waals surface area contributed by atoms with Crippen LogP contribution in [0.4, 0.5) is 11.6 Å². The zero-order valence-corrected chi connectivity index (χ0v) is 16.3. The first-order chi connectivity index (χ1) is 13.0. The van der Waals surface area contributed by atoms with Crippen molar-refractivity contribution < 1.29 is 0 Å². The van der Waals surface area contributed by atoms with Crippen molar-refractivity contribution in [3.8, 4) is 22.5 Å². The molecule has 4 aromatic rings. The first kappa shape index (κ1) is 17.3. The fraction of sp³-hybridized carbons (Fsp3) is 0.105. The van der Waals surface area contributed by atoms with E-state index in [0.717, 1.165) is 26.8 Å². The molecular formula is C19H16BrN7. The molecule has 134 valence electrons. The lowest BCUT2D eigenvalue weighted by molar-refractivity contribution is 0.965. The lowest BCUT2D eigenvalue weighted by atomic mass is 10.0. The monoisotopic (exact) mass is 421 g/mol. The van der Waals surface area contributed by atoms with E-state index in [-0.39, 0.29) is 0 Å². The van der Waals surface area contributed by atoms with E-state index in [1.165, 1.54) is 6.33 Å². The summed E-state index contributed by atoms with van der Waals surface area (Å²) in [5, 5.41) is 9.27. The number of nitrogens with zero attached hydrogens (tertiary/aromatic N) is 6. The van der Waals surface area contributed by atoms with Crippen LogP contribution in [0.1, 0.15) is 0 Å². The number of nitrogen functional groups attached to an aromatic ring is 1. The van der Waals surface area contributed by atoms with Gasteiger partial charge in [-0.05, 0) is 41.5 Å². The number of rotatable bonds is 3. The summed E-state index contributed by atoms with van der Waals surface area (Å²) in [5.74, 6) is 1.17. The number of nitrogens with two attached hydrogens (primary N) is 1. The third-order valence-corrected chi connectivity index (χ3v) is 4.63. The molecule has 0 bridgehead atoms. The minimum Gasteiger partial charge on any atom is -0.383 e. The lowest BCUT2D eigenvalue weighted by Gasteiger charge is -2.12. The Hall–Kier alpha value is -3.13. The Morgan fingerprint density at radius 3 is 2.52 bits per heavy atom. The highest BCUT2D eigenvalue weighted by molar-refractivity contribution is 9.10. The van der Waals surface area contributed by atoms with E-state index >= 15 is 0 Å². The van der Waals surface area contributed by atoms with Crippen LogP contribution in [0.2, 0.25) is 0 Å². The molecule has 8 heteroatoms. The number of hydrogen-bond acceptors (Lipinski definition) is 7. The third-order valence-electron chi connectivity index (χ3n) is 4.14. The van der Waals surface area contributed by atoms with Gasteiger partial charge in [0.15, 0.2) is 11.5 Å². The average Bonchev–Trinajstić information content (AvgIpc) is 2.67. The minimum atomic E-state index is 0.392. The highest BCUT2D eigenvalue weighted by Crippen LogP contribution is 2.34. The van der Waals surface area contributed by atoms with Crippen molar-refractivity contribution in [3.63, 3.8) is 0 Å². The Balaban J connectivity index is 1.95. The lowest BCUT2D eigenvalue weighted by Crippen LogP contribution is -2.11. The molecule has 0 aliphatic rings. The molecule has 0 amide bonds. The highest BCUT2D eigenvalue weighted by atomic mass is 79.9. The second-order valence-electron chi connectivity index (χ2n) is 6.19. The summed E-state index contributed by atoms with van der Waals surface area (Å²) >= 11 is 3.52. The van der Waals surface area contributed by atoms with E-state index in [1.807, 2.05) is 61.5 Å². The average molecular weight is 422 g/mol. The molecule has 0 saturated carbocycles. The van der Waals surface area contributed by atoms with Gasteiger partial charge in [0.25, 0.3) is 0 Å². The van der Waals surface area contributed by atoms with Crippen LogP contribution in [0.3, 0.4) is 0 Å². The largest absolute Gasteiger partial charge is 0.383 e. The maximum absolute atomic E-state index is 6.14. The van der Waals surface area contributed by atoms with E-state index in [2.05, 4.69) is 41.1 Å². The van der Waals surface area contributed by atoms with Gasteiger partial charge in [0.2, 0.25) is 0 Å².